The number of hydrogen-bond donors (Lipinski definition) is 2. The molecule has 1 aliphatic rings. The van der Waals surface area contributed by atoms with Crippen molar-refractivity contribution in [3.05, 3.63) is 36.5 Å². The molecule has 0 radical (unpaired) electrons. The van der Waals surface area contributed by atoms with Crippen LogP contribution in [0.3, 0.4) is 0 Å². The van der Waals surface area contributed by atoms with Crippen molar-refractivity contribution in [2.75, 3.05) is 11.9 Å². The van der Waals surface area contributed by atoms with E-state index in [4.69, 9.17) is 4.74 Å². The van der Waals surface area contributed by atoms with Crippen LogP contribution in [0.5, 0.6) is 5.88 Å². The molecule has 0 amide bonds. The summed E-state index contributed by atoms with van der Waals surface area (Å²) in [4.78, 5) is 4.26. The first-order valence-corrected chi connectivity index (χ1v) is 9.93. The molecule has 0 spiro atoms. The largest absolute Gasteiger partial charge is 0.476 e. The topological polar surface area (TPSA) is 80.6 Å². The number of nitrogens with zero attached hydrogens (tertiary/aromatic N) is 4. The summed E-state index contributed by atoms with van der Waals surface area (Å²) in [5.74, 6) is 2.22. The van der Waals surface area contributed by atoms with Gasteiger partial charge in [0.1, 0.15) is 5.82 Å². The van der Waals surface area contributed by atoms with Crippen molar-refractivity contribution in [1.82, 2.24) is 25.0 Å². The Labute approximate surface area is 163 Å². The Hall–Kier alpha value is -3.09. The van der Waals surface area contributed by atoms with Crippen LogP contribution in [0, 0.1) is 5.92 Å². The van der Waals surface area contributed by atoms with Gasteiger partial charge in [0.15, 0.2) is 5.65 Å². The molecule has 28 heavy (non-hydrogen) atoms. The van der Waals surface area contributed by atoms with Crippen LogP contribution in [0.2, 0.25) is 0 Å². The van der Waals surface area contributed by atoms with Crippen LogP contribution < -0.4 is 10.1 Å². The van der Waals surface area contributed by atoms with E-state index in [0.29, 0.717) is 11.6 Å². The predicted octanol–water partition coefficient (Wildman–Crippen LogP) is 4.55. The first kappa shape index (κ1) is 17.0. The van der Waals surface area contributed by atoms with Gasteiger partial charge in [-0.15, -0.1) is 5.10 Å². The summed E-state index contributed by atoms with van der Waals surface area (Å²) < 4.78 is 7.98. The van der Waals surface area contributed by atoms with E-state index in [1.807, 2.05) is 29.9 Å². The monoisotopic (exact) mass is 376 g/mol. The highest BCUT2D eigenvalue weighted by atomic mass is 16.5. The van der Waals surface area contributed by atoms with Crippen molar-refractivity contribution in [3.8, 4) is 5.88 Å². The molecule has 1 fully saturated rings. The van der Waals surface area contributed by atoms with Gasteiger partial charge in [0.05, 0.1) is 22.9 Å². The fourth-order valence-electron chi connectivity index (χ4n) is 4.05. The summed E-state index contributed by atoms with van der Waals surface area (Å²) >= 11 is 0. The molecule has 0 aliphatic heterocycles. The molecule has 5 rings (SSSR count). The molecule has 2 N–H and O–H groups in total. The zero-order valence-corrected chi connectivity index (χ0v) is 16.0. The van der Waals surface area contributed by atoms with Crippen LogP contribution in [0.25, 0.3) is 21.9 Å². The van der Waals surface area contributed by atoms with E-state index in [-0.39, 0.29) is 0 Å². The minimum atomic E-state index is 0.661. The fourth-order valence-corrected chi connectivity index (χ4v) is 4.05. The molecule has 1 aliphatic carbocycles. The number of ether oxygens (including phenoxy) is 1. The lowest BCUT2D eigenvalue weighted by Gasteiger charge is -2.20. The van der Waals surface area contributed by atoms with E-state index in [2.05, 4.69) is 37.7 Å². The molecule has 1 saturated carbocycles. The molecule has 144 valence electrons. The van der Waals surface area contributed by atoms with E-state index in [1.165, 1.54) is 32.1 Å². The second kappa shape index (κ2) is 7.14. The van der Waals surface area contributed by atoms with Crippen LogP contribution >= 0.6 is 0 Å². The van der Waals surface area contributed by atoms with Gasteiger partial charge in [0.25, 0.3) is 0 Å². The van der Waals surface area contributed by atoms with Crippen molar-refractivity contribution in [2.45, 2.75) is 32.1 Å². The van der Waals surface area contributed by atoms with E-state index in [9.17, 15) is 0 Å². The van der Waals surface area contributed by atoms with Crippen molar-refractivity contribution in [3.63, 3.8) is 0 Å². The number of rotatable bonds is 5. The highest BCUT2D eigenvalue weighted by Gasteiger charge is 2.17. The second-order valence-electron chi connectivity index (χ2n) is 7.57. The van der Waals surface area contributed by atoms with E-state index < -0.39 is 0 Å². The first-order valence-electron chi connectivity index (χ1n) is 9.93. The lowest BCUT2D eigenvalue weighted by molar-refractivity contribution is 0.203. The van der Waals surface area contributed by atoms with Gasteiger partial charge in [-0.1, -0.05) is 19.3 Å². The lowest BCUT2D eigenvalue weighted by Crippen LogP contribution is -2.15. The normalized spacial score (nSPS) is 15.3. The molecule has 7 nitrogen and oxygen atoms in total. The van der Waals surface area contributed by atoms with Crippen LogP contribution in [0.1, 0.15) is 32.1 Å². The van der Waals surface area contributed by atoms with Gasteiger partial charge in [0.2, 0.25) is 5.88 Å². The average Bonchev–Trinajstić information content (AvgIpc) is 3.28. The number of aromatic amines is 1. The Morgan fingerprint density at radius 3 is 2.96 bits per heavy atom. The SMILES string of the molecule is Cn1nc(OCC2CCCCC2)c2ccc(Nc3[nH]nc4ncccc34)cc21. The molecule has 0 atom stereocenters. The summed E-state index contributed by atoms with van der Waals surface area (Å²) in [7, 11) is 1.95. The maximum atomic E-state index is 6.11. The Balaban J connectivity index is 1.38. The van der Waals surface area contributed by atoms with Crippen molar-refractivity contribution >= 4 is 33.4 Å². The minimum absolute atomic E-state index is 0.661. The number of aryl methyl sites for hydroxylation is 1. The minimum Gasteiger partial charge on any atom is -0.476 e. The van der Waals surface area contributed by atoms with Gasteiger partial charge in [-0.2, -0.15) is 5.10 Å². The number of nitrogens with one attached hydrogen (secondary N) is 2. The van der Waals surface area contributed by atoms with Crippen LogP contribution in [-0.2, 0) is 7.05 Å². The molecule has 3 heterocycles. The predicted molar refractivity (Wildman–Crippen MR) is 110 cm³/mol. The summed E-state index contributed by atoms with van der Waals surface area (Å²) in [6.07, 6.45) is 8.29. The Kier molecular flexibility index (Phi) is 4.35. The van der Waals surface area contributed by atoms with Gasteiger partial charge in [0, 0.05) is 18.9 Å². The smallest absolute Gasteiger partial charge is 0.240 e. The number of H-pyrrole nitrogens is 1. The van der Waals surface area contributed by atoms with E-state index in [1.54, 1.807) is 6.20 Å². The van der Waals surface area contributed by atoms with Crippen molar-refractivity contribution in [1.29, 1.82) is 0 Å². The molecule has 3 aromatic heterocycles. The quantitative estimate of drug-likeness (QED) is 0.534. The zero-order chi connectivity index (χ0) is 18.9. The molecule has 4 aromatic rings. The van der Waals surface area contributed by atoms with Crippen LogP contribution in [-0.4, -0.2) is 31.6 Å². The Morgan fingerprint density at radius 2 is 2.07 bits per heavy atom. The van der Waals surface area contributed by atoms with Crippen LogP contribution in [0.15, 0.2) is 36.5 Å². The summed E-state index contributed by atoms with van der Waals surface area (Å²) in [6.45, 7) is 0.763. The third kappa shape index (κ3) is 3.17. The maximum Gasteiger partial charge on any atom is 0.240 e. The lowest BCUT2D eigenvalue weighted by atomic mass is 9.90. The Morgan fingerprint density at radius 1 is 1.18 bits per heavy atom. The van der Waals surface area contributed by atoms with Gasteiger partial charge in [-0.3, -0.25) is 9.78 Å². The number of aromatic nitrogens is 5. The molecule has 1 aromatic carbocycles. The molecule has 7 heteroatoms. The highest BCUT2D eigenvalue weighted by Crippen LogP contribution is 2.31. The van der Waals surface area contributed by atoms with Gasteiger partial charge in [-0.05, 0) is 49.1 Å². The third-order valence-corrected chi connectivity index (χ3v) is 5.60. The number of anilines is 2. The summed E-state index contributed by atoms with van der Waals surface area (Å²) in [5.41, 5.74) is 2.69. The summed E-state index contributed by atoms with van der Waals surface area (Å²) in [6, 6.07) is 10.1. The van der Waals surface area contributed by atoms with Crippen molar-refractivity contribution in [2.24, 2.45) is 13.0 Å². The summed E-state index contributed by atoms with van der Waals surface area (Å²) in [5, 5.41) is 17.2. The van der Waals surface area contributed by atoms with Crippen LogP contribution in [0.4, 0.5) is 11.5 Å². The standard InChI is InChI=1S/C21H24N6O/c1-27-18-12-15(23-20-17-8-5-11-22-19(17)24-25-20)9-10-16(18)21(26-27)28-13-14-6-3-2-4-7-14/h5,8-12,14H,2-4,6-7,13H2,1H3,(H2,22,23,24,25). The Bertz CT molecular complexity index is 1110. The highest BCUT2D eigenvalue weighted by molar-refractivity contribution is 5.92. The van der Waals surface area contributed by atoms with Gasteiger partial charge in [-0.25, -0.2) is 4.98 Å². The number of hydrogen-bond acceptors (Lipinski definition) is 5. The van der Waals surface area contributed by atoms with Gasteiger partial charge < -0.3 is 10.1 Å². The molecule has 0 bridgehead atoms. The third-order valence-electron chi connectivity index (χ3n) is 5.60. The average molecular weight is 376 g/mol. The number of fused-ring (bicyclic) bond motifs is 2. The molecule has 0 saturated heterocycles. The number of benzene rings is 1. The molecule has 0 unspecified atom stereocenters. The second-order valence-corrected chi connectivity index (χ2v) is 7.57. The van der Waals surface area contributed by atoms with E-state index >= 15 is 0 Å². The molecular weight excluding hydrogens is 352 g/mol. The molecular formula is C21H24N6O. The first-order chi connectivity index (χ1) is 13.8. The van der Waals surface area contributed by atoms with E-state index in [0.717, 1.165) is 40.3 Å². The number of pyridine rings is 1. The van der Waals surface area contributed by atoms with Crippen molar-refractivity contribution < 1.29 is 4.74 Å². The fraction of sp³-hybridized carbons (Fsp3) is 0.381. The zero-order valence-electron chi connectivity index (χ0n) is 16.0. The maximum absolute atomic E-state index is 6.11. The van der Waals surface area contributed by atoms with Gasteiger partial charge >= 0.3 is 0 Å².